The molecule has 0 aliphatic rings. The second-order valence-corrected chi connectivity index (χ2v) is 9.86. The smallest absolute Gasteiger partial charge is 0.320 e. The van der Waals surface area contributed by atoms with Crippen molar-refractivity contribution in [1.82, 2.24) is 35.2 Å². The van der Waals surface area contributed by atoms with Crippen molar-refractivity contribution in [3.8, 4) is 0 Å². The Morgan fingerprint density at radius 3 is 1.97 bits per heavy atom. The van der Waals surface area contributed by atoms with Crippen LogP contribution < -0.4 is 10.6 Å². The molecule has 0 atom stereocenters. The molecule has 0 aliphatic heterocycles. The third-order valence-electron chi connectivity index (χ3n) is 3.99. The molecule has 0 aliphatic carbocycles. The summed E-state index contributed by atoms with van der Waals surface area (Å²) in [6, 6.07) is 1.50. The van der Waals surface area contributed by atoms with Gasteiger partial charge in [-0.15, -0.1) is 0 Å². The largest absolute Gasteiger partial charge is 0.341 e. The maximum Gasteiger partial charge on any atom is 0.320 e. The lowest BCUT2D eigenvalue weighted by atomic mass is 9.93. The van der Waals surface area contributed by atoms with Crippen molar-refractivity contribution in [2.75, 3.05) is 12.4 Å². The van der Waals surface area contributed by atoms with E-state index in [2.05, 4.69) is 61.3 Å². The van der Waals surface area contributed by atoms with Gasteiger partial charge in [-0.2, -0.15) is 0 Å². The van der Waals surface area contributed by atoms with Crippen molar-refractivity contribution in [1.29, 1.82) is 0 Å². The van der Waals surface area contributed by atoms with Crippen LogP contribution in [-0.2, 0) is 10.8 Å². The van der Waals surface area contributed by atoms with Gasteiger partial charge in [0, 0.05) is 42.7 Å². The van der Waals surface area contributed by atoms with Gasteiger partial charge in [-0.3, -0.25) is 15.3 Å². The lowest BCUT2D eigenvalue weighted by molar-refractivity contribution is 0.254. The number of rotatable bonds is 3. The first kappa shape index (κ1) is 25.1. The summed E-state index contributed by atoms with van der Waals surface area (Å²) in [5.74, 6) is 0.460. The molecular weight excluding hydrogens is 424 g/mol. The zero-order valence-electron chi connectivity index (χ0n) is 19.5. The van der Waals surface area contributed by atoms with Gasteiger partial charge in [-0.05, 0) is 17.8 Å². The summed E-state index contributed by atoms with van der Waals surface area (Å²) in [7, 11) is 1.55. The predicted molar refractivity (Wildman–Crippen MR) is 126 cm³/mol. The SMILES string of the molecule is CC(C)(C)c1cncc(Sc2ncccn2)n1.CNC(=O)Nc1cncc(C(C)(C)C)n1. The molecule has 32 heavy (non-hydrogen) atoms. The van der Waals surface area contributed by atoms with Gasteiger partial charge < -0.3 is 5.32 Å². The molecule has 0 bridgehead atoms. The molecule has 0 spiro atoms. The Morgan fingerprint density at radius 1 is 0.844 bits per heavy atom. The Morgan fingerprint density at radius 2 is 1.41 bits per heavy atom. The molecule has 0 saturated carbocycles. The molecule has 0 saturated heterocycles. The first-order chi connectivity index (χ1) is 15.0. The molecule has 3 aromatic heterocycles. The molecule has 0 aromatic carbocycles. The number of aromatic nitrogens is 6. The summed E-state index contributed by atoms with van der Waals surface area (Å²) in [6.45, 7) is 12.5. The fourth-order valence-electron chi connectivity index (χ4n) is 2.16. The van der Waals surface area contributed by atoms with Crippen LogP contribution in [-0.4, -0.2) is 43.0 Å². The summed E-state index contributed by atoms with van der Waals surface area (Å²) < 4.78 is 0. The molecule has 0 fully saturated rings. The average molecular weight is 455 g/mol. The lowest BCUT2D eigenvalue weighted by Crippen LogP contribution is -2.25. The Hall–Kier alpha value is -3.14. The van der Waals surface area contributed by atoms with Gasteiger partial charge in [0.05, 0.1) is 23.8 Å². The third-order valence-corrected chi connectivity index (χ3v) is 4.79. The minimum Gasteiger partial charge on any atom is -0.341 e. The highest BCUT2D eigenvalue weighted by Gasteiger charge is 2.17. The Kier molecular flexibility index (Phi) is 8.59. The van der Waals surface area contributed by atoms with Gasteiger partial charge in [0.2, 0.25) is 0 Å². The van der Waals surface area contributed by atoms with Crippen molar-refractivity contribution in [2.45, 2.75) is 62.6 Å². The van der Waals surface area contributed by atoms with E-state index in [0.29, 0.717) is 11.0 Å². The maximum atomic E-state index is 11.1. The minimum atomic E-state index is -0.296. The Bertz CT molecular complexity index is 1020. The van der Waals surface area contributed by atoms with Crippen LogP contribution in [0, 0.1) is 0 Å². The highest BCUT2D eigenvalue weighted by atomic mass is 32.2. The van der Waals surface area contributed by atoms with Crippen LogP contribution in [0.3, 0.4) is 0 Å². The van der Waals surface area contributed by atoms with Crippen LogP contribution in [0.5, 0.6) is 0 Å². The van der Waals surface area contributed by atoms with Gasteiger partial charge in [-0.25, -0.2) is 24.7 Å². The summed E-state index contributed by atoms with van der Waals surface area (Å²) in [4.78, 5) is 36.5. The summed E-state index contributed by atoms with van der Waals surface area (Å²) in [5.41, 5.74) is 1.74. The molecule has 3 aromatic rings. The van der Waals surface area contributed by atoms with Crippen LogP contribution in [0.25, 0.3) is 0 Å². The van der Waals surface area contributed by atoms with Gasteiger partial charge in [0.25, 0.3) is 0 Å². The van der Waals surface area contributed by atoms with E-state index in [1.165, 1.54) is 18.0 Å². The number of carbonyl (C=O) groups excluding carboxylic acids is 1. The summed E-state index contributed by atoms with van der Waals surface area (Å²) >= 11 is 1.42. The highest BCUT2D eigenvalue weighted by Crippen LogP contribution is 2.25. The monoisotopic (exact) mass is 454 g/mol. The summed E-state index contributed by atoms with van der Waals surface area (Å²) in [6.07, 6.45) is 10.2. The molecule has 2 amide bonds. The highest BCUT2D eigenvalue weighted by molar-refractivity contribution is 7.99. The van der Waals surface area contributed by atoms with Crippen LogP contribution >= 0.6 is 11.8 Å². The zero-order valence-corrected chi connectivity index (χ0v) is 20.4. The second-order valence-electron chi connectivity index (χ2n) is 8.87. The summed E-state index contributed by atoms with van der Waals surface area (Å²) in [5, 5.41) is 6.54. The van der Waals surface area contributed by atoms with E-state index < -0.39 is 0 Å². The van der Waals surface area contributed by atoms with Crippen molar-refractivity contribution in [2.24, 2.45) is 0 Å². The first-order valence-electron chi connectivity index (χ1n) is 10.1. The number of amides is 2. The predicted octanol–water partition coefficient (Wildman–Crippen LogP) is 4.24. The topological polar surface area (TPSA) is 118 Å². The fraction of sp³-hybridized carbons (Fsp3) is 0.409. The quantitative estimate of drug-likeness (QED) is 0.564. The number of nitrogens with zero attached hydrogens (tertiary/aromatic N) is 6. The Balaban J connectivity index is 0.000000229. The fourth-order valence-corrected chi connectivity index (χ4v) is 2.83. The van der Waals surface area contributed by atoms with Crippen LogP contribution in [0.2, 0.25) is 0 Å². The number of carbonyl (C=O) groups is 1. The van der Waals surface area contributed by atoms with Gasteiger partial charge in [0.15, 0.2) is 11.0 Å². The normalized spacial score (nSPS) is 11.2. The molecule has 0 unspecified atom stereocenters. The van der Waals surface area contributed by atoms with Crippen molar-refractivity contribution < 1.29 is 4.79 Å². The minimum absolute atomic E-state index is 0.00111. The van der Waals surface area contributed by atoms with Crippen molar-refractivity contribution in [3.63, 3.8) is 0 Å². The molecular formula is C22H30N8OS. The second kappa shape index (κ2) is 10.9. The van der Waals surface area contributed by atoms with E-state index in [4.69, 9.17) is 0 Å². The number of nitrogens with one attached hydrogen (secondary N) is 2. The van der Waals surface area contributed by atoms with E-state index in [-0.39, 0.29) is 16.9 Å². The average Bonchev–Trinajstić information content (AvgIpc) is 2.74. The molecule has 3 rings (SSSR count). The van der Waals surface area contributed by atoms with Crippen LogP contribution in [0.15, 0.2) is 53.4 Å². The van der Waals surface area contributed by atoms with E-state index in [9.17, 15) is 4.79 Å². The van der Waals surface area contributed by atoms with Crippen molar-refractivity contribution >= 4 is 23.6 Å². The zero-order chi connectivity index (χ0) is 23.8. The van der Waals surface area contributed by atoms with E-state index >= 15 is 0 Å². The van der Waals surface area contributed by atoms with Gasteiger partial charge in [0.1, 0.15) is 5.03 Å². The Labute approximate surface area is 193 Å². The molecule has 0 radical (unpaired) electrons. The third kappa shape index (κ3) is 8.18. The molecule has 10 heteroatoms. The van der Waals surface area contributed by atoms with Gasteiger partial charge >= 0.3 is 6.03 Å². The number of hydrogen-bond donors (Lipinski definition) is 2. The van der Waals surface area contributed by atoms with E-state index in [1.807, 2.05) is 20.8 Å². The molecule has 3 heterocycles. The first-order valence-corrected chi connectivity index (χ1v) is 10.9. The molecule has 2 N–H and O–H groups in total. The lowest BCUT2D eigenvalue weighted by Gasteiger charge is -2.17. The van der Waals surface area contributed by atoms with Crippen molar-refractivity contribution in [3.05, 3.63) is 54.6 Å². The van der Waals surface area contributed by atoms with E-state index in [1.54, 1.807) is 44.1 Å². The number of urea groups is 1. The van der Waals surface area contributed by atoms with Crippen LogP contribution in [0.1, 0.15) is 52.9 Å². The molecule has 170 valence electrons. The maximum absolute atomic E-state index is 11.1. The number of anilines is 1. The van der Waals surface area contributed by atoms with Gasteiger partial charge in [-0.1, -0.05) is 41.5 Å². The van der Waals surface area contributed by atoms with Crippen LogP contribution in [0.4, 0.5) is 10.6 Å². The molecule has 9 nitrogen and oxygen atoms in total. The number of hydrogen-bond acceptors (Lipinski definition) is 8. The standard InChI is InChI=1S/C12H14N4S.C10H16N4O/c1-12(2,3)9-7-13-8-10(16-9)17-11-14-5-4-6-15-11;1-10(2,3)7-5-12-6-8(13-7)14-9(15)11-4/h4-8H,1-3H3;5-6H,1-4H3,(H2,11,13,14,15). The van der Waals surface area contributed by atoms with E-state index in [0.717, 1.165) is 16.4 Å².